The SMILES string of the molecule is O=C(N[C@H]1CCN(c2ccccc2)C1=O)c1ccc(-c2nn[nH]n2)cc1. The van der Waals surface area contributed by atoms with Crippen molar-refractivity contribution in [2.75, 3.05) is 11.4 Å². The number of benzene rings is 2. The van der Waals surface area contributed by atoms with Crippen molar-refractivity contribution in [2.45, 2.75) is 12.5 Å². The van der Waals surface area contributed by atoms with Crippen molar-refractivity contribution in [3.05, 3.63) is 60.2 Å². The van der Waals surface area contributed by atoms with Crippen LogP contribution in [0.3, 0.4) is 0 Å². The van der Waals surface area contributed by atoms with Crippen molar-refractivity contribution < 1.29 is 9.59 Å². The summed E-state index contributed by atoms with van der Waals surface area (Å²) in [5.41, 5.74) is 2.07. The fraction of sp³-hybridized carbons (Fsp3) is 0.167. The first-order valence-corrected chi connectivity index (χ1v) is 8.23. The van der Waals surface area contributed by atoms with Crippen LogP contribution >= 0.6 is 0 Å². The summed E-state index contributed by atoms with van der Waals surface area (Å²) in [4.78, 5) is 26.7. The molecule has 0 unspecified atom stereocenters. The average Bonchev–Trinajstić information content (AvgIpc) is 3.34. The number of H-pyrrole nitrogens is 1. The molecule has 0 spiro atoms. The highest BCUT2D eigenvalue weighted by Crippen LogP contribution is 2.21. The van der Waals surface area contributed by atoms with Gasteiger partial charge in [0.05, 0.1) is 0 Å². The second-order valence-electron chi connectivity index (χ2n) is 5.95. The minimum absolute atomic E-state index is 0.0898. The number of hydrogen-bond acceptors (Lipinski definition) is 5. The Morgan fingerprint density at radius 2 is 1.88 bits per heavy atom. The first-order valence-electron chi connectivity index (χ1n) is 8.23. The Morgan fingerprint density at radius 3 is 2.58 bits per heavy atom. The maximum Gasteiger partial charge on any atom is 0.251 e. The van der Waals surface area contributed by atoms with Crippen molar-refractivity contribution in [1.82, 2.24) is 25.9 Å². The monoisotopic (exact) mass is 348 g/mol. The Kier molecular flexibility index (Phi) is 4.14. The standard InChI is InChI=1S/C18H16N6O2/c25-17(13-8-6-12(7-9-13)16-20-22-23-21-16)19-15-10-11-24(18(15)26)14-4-2-1-3-5-14/h1-9,15H,10-11H2,(H,19,25)(H,20,21,22,23)/t15-/m0/s1. The highest BCUT2D eigenvalue weighted by molar-refractivity contribution is 6.04. The van der Waals surface area contributed by atoms with E-state index in [4.69, 9.17) is 0 Å². The molecule has 1 atom stereocenters. The fourth-order valence-corrected chi connectivity index (χ4v) is 2.97. The van der Waals surface area contributed by atoms with Crippen LogP contribution in [0, 0.1) is 0 Å². The van der Waals surface area contributed by atoms with Gasteiger partial charge in [-0.2, -0.15) is 5.21 Å². The summed E-state index contributed by atoms with van der Waals surface area (Å²) in [5.74, 6) is 0.0901. The molecule has 0 aliphatic carbocycles. The summed E-state index contributed by atoms with van der Waals surface area (Å²) >= 11 is 0. The van der Waals surface area contributed by atoms with Gasteiger partial charge in [-0.15, -0.1) is 10.2 Å². The normalized spacial score (nSPS) is 16.7. The van der Waals surface area contributed by atoms with Crippen molar-refractivity contribution in [2.24, 2.45) is 0 Å². The van der Waals surface area contributed by atoms with Gasteiger partial charge >= 0.3 is 0 Å². The van der Waals surface area contributed by atoms with Crippen LogP contribution in [0.25, 0.3) is 11.4 Å². The molecule has 26 heavy (non-hydrogen) atoms. The van der Waals surface area contributed by atoms with Gasteiger partial charge < -0.3 is 10.2 Å². The maximum absolute atomic E-state index is 12.6. The lowest BCUT2D eigenvalue weighted by Gasteiger charge is -2.17. The molecule has 4 rings (SSSR count). The van der Waals surface area contributed by atoms with Crippen molar-refractivity contribution in [3.63, 3.8) is 0 Å². The molecule has 1 fully saturated rings. The fourth-order valence-electron chi connectivity index (χ4n) is 2.97. The lowest BCUT2D eigenvalue weighted by molar-refractivity contribution is -0.118. The number of nitrogens with zero attached hydrogens (tertiary/aromatic N) is 4. The summed E-state index contributed by atoms with van der Waals surface area (Å²) in [7, 11) is 0. The third kappa shape index (κ3) is 3.04. The minimum atomic E-state index is -0.514. The molecule has 130 valence electrons. The van der Waals surface area contributed by atoms with E-state index < -0.39 is 6.04 Å². The van der Waals surface area contributed by atoms with Crippen molar-refractivity contribution in [3.8, 4) is 11.4 Å². The Balaban J connectivity index is 1.43. The van der Waals surface area contributed by atoms with Crippen LogP contribution in [-0.4, -0.2) is 45.0 Å². The van der Waals surface area contributed by atoms with Crippen LogP contribution in [0.4, 0.5) is 5.69 Å². The Morgan fingerprint density at radius 1 is 1.12 bits per heavy atom. The van der Waals surface area contributed by atoms with Gasteiger partial charge in [0.25, 0.3) is 5.91 Å². The number of para-hydroxylation sites is 1. The highest BCUT2D eigenvalue weighted by atomic mass is 16.2. The van der Waals surface area contributed by atoms with Gasteiger partial charge in [-0.25, -0.2) is 0 Å². The summed E-state index contributed by atoms with van der Waals surface area (Å²) in [6.45, 7) is 0.588. The van der Waals surface area contributed by atoms with Crippen LogP contribution in [0.5, 0.6) is 0 Å². The lowest BCUT2D eigenvalue weighted by Crippen LogP contribution is -2.41. The zero-order valence-electron chi connectivity index (χ0n) is 13.8. The van der Waals surface area contributed by atoms with E-state index in [-0.39, 0.29) is 11.8 Å². The van der Waals surface area contributed by atoms with Crippen LogP contribution in [0.1, 0.15) is 16.8 Å². The molecule has 0 bridgehead atoms. The molecule has 8 nitrogen and oxygen atoms in total. The molecular weight excluding hydrogens is 332 g/mol. The summed E-state index contributed by atoms with van der Waals surface area (Å²) in [5, 5.41) is 16.5. The van der Waals surface area contributed by atoms with Gasteiger partial charge in [-0.1, -0.05) is 30.3 Å². The minimum Gasteiger partial charge on any atom is -0.340 e. The maximum atomic E-state index is 12.6. The van der Waals surface area contributed by atoms with E-state index in [1.54, 1.807) is 29.2 Å². The van der Waals surface area contributed by atoms with Gasteiger partial charge in [-0.3, -0.25) is 9.59 Å². The second kappa shape index (κ2) is 6.75. The number of tetrazole rings is 1. The van der Waals surface area contributed by atoms with Crippen LogP contribution in [-0.2, 0) is 4.79 Å². The zero-order chi connectivity index (χ0) is 17.9. The largest absolute Gasteiger partial charge is 0.340 e. The number of carbonyl (C=O) groups is 2. The molecule has 2 amide bonds. The number of aromatic nitrogens is 4. The Hall–Kier alpha value is -3.55. The number of aromatic amines is 1. The van der Waals surface area contributed by atoms with Gasteiger partial charge in [-0.05, 0) is 35.9 Å². The summed E-state index contributed by atoms with van der Waals surface area (Å²) in [6.07, 6.45) is 0.584. The van der Waals surface area contributed by atoms with E-state index in [1.165, 1.54) is 0 Å². The van der Waals surface area contributed by atoms with Gasteiger partial charge in [0, 0.05) is 23.4 Å². The number of hydrogen-bond donors (Lipinski definition) is 2. The molecule has 2 N–H and O–H groups in total. The Labute approximate surface area is 149 Å². The van der Waals surface area contributed by atoms with E-state index in [0.29, 0.717) is 24.4 Å². The Bertz CT molecular complexity index is 909. The third-order valence-electron chi connectivity index (χ3n) is 4.33. The topological polar surface area (TPSA) is 104 Å². The number of rotatable bonds is 4. The predicted octanol–water partition coefficient (Wildman–Crippen LogP) is 1.40. The number of nitrogens with one attached hydrogen (secondary N) is 2. The molecule has 1 aromatic heterocycles. The molecule has 1 aliphatic rings. The zero-order valence-corrected chi connectivity index (χ0v) is 13.8. The number of anilines is 1. The third-order valence-corrected chi connectivity index (χ3v) is 4.33. The van der Waals surface area contributed by atoms with E-state index in [0.717, 1.165) is 11.3 Å². The van der Waals surface area contributed by atoms with E-state index in [2.05, 4.69) is 25.9 Å². The first kappa shape index (κ1) is 15.9. The van der Waals surface area contributed by atoms with E-state index >= 15 is 0 Å². The lowest BCUT2D eigenvalue weighted by atomic mass is 10.1. The van der Waals surface area contributed by atoms with Crippen molar-refractivity contribution >= 4 is 17.5 Å². The summed E-state index contributed by atoms with van der Waals surface area (Å²) in [6, 6.07) is 15.8. The number of carbonyl (C=O) groups excluding carboxylic acids is 2. The van der Waals surface area contributed by atoms with Gasteiger partial charge in [0.2, 0.25) is 11.7 Å². The quantitative estimate of drug-likeness (QED) is 0.742. The smallest absolute Gasteiger partial charge is 0.251 e. The molecule has 2 heterocycles. The molecule has 2 aromatic carbocycles. The average molecular weight is 348 g/mol. The molecule has 8 heteroatoms. The summed E-state index contributed by atoms with van der Waals surface area (Å²) < 4.78 is 0. The van der Waals surface area contributed by atoms with Gasteiger partial charge in [0.1, 0.15) is 6.04 Å². The predicted molar refractivity (Wildman–Crippen MR) is 94.3 cm³/mol. The molecule has 1 saturated heterocycles. The van der Waals surface area contributed by atoms with Crippen LogP contribution < -0.4 is 10.2 Å². The molecule has 0 radical (unpaired) electrons. The molecular formula is C18H16N6O2. The highest BCUT2D eigenvalue weighted by Gasteiger charge is 2.33. The molecule has 3 aromatic rings. The number of amides is 2. The molecule has 0 saturated carbocycles. The van der Waals surface area contributed by atoms with Crippen LogP contribution in [0.15, 0.2) is 54.6 Å². The van der Waals surface area contributed by atoms with E-state index in [9.17, 15) is 9.59 Å². The van der Waals surface area contributed by atoms with E-state index in [1.807, 2.05) is 30.3 Å². The van der Waals surface area contributed by atoms with Gasteiger partial charge in [0.15, 0.2) is 0 Å². The first-order chi connectivity index (χ1) is 12.7. The molecule has 1 aliphatic heterocycles. The van der Waals surface area contributed by atoms with Crippen molar-refractivity contribution in [1.29, 1.82) is 0 Å². The second-order valence-corrected chi connectivity index (χ2v) is 5.95. The van der Waals surface area contributed by atoms with Crippen LogP contribution in [0.2, 0.25) is 0 Å².